The van der Waals surface area contributed by atoms with Crippen LogP contribution in [0.25, 0.3) is 0 Å². The van der Waals surface area contributed by atoms with Gasteiger partial charge in [0.2, 0.25) is 0 Å². The fraction of sp³-hybridized carbons (Fsp3) is 0.400. The molecular formula is C20H20BF3N2O3. The summed E-state index contributed by atoms with van der Waals surface area (Å²) in [5.74, 6) is -0.437. The van der Waals surface area contributed by atoms with Gasteiger partial charge in [-0.05, 0) is 49.0 Å². The second kappa shape index (κ2) is 6.85. The number of nitrogens with zero attached hydrogens (tertiary/aromatic N) is 2. The molecule has 0 bridgehead atoms. The molecule has 3 heterocycles. The van der Waals surface area contributed by atoms with E-state index in [4.69, 9.17) is 4.65 Å². The molecule has 0 spiro atoms. The smallest absolute Gasteiger partial charge is 0.423 e. The SMILES string of the molecule is CC1(C)OB(O)c2cc(CC(=O)c3ccc(N4CCC4)nc3C(F)(F)F)ccc21. The van der Waals surface area contributed by atoms with Crippen LogP contribution in [-0.2, 0) is 22.9 Å². The van der Waals surface area contributed by atoms with E-state index in [0.29, 0.717) is 24.1 Å². The van der Waals surface area contributed by atoms with Crippen LogP contribution in [0.4, 0.5) is 19.0 Å². The highest BCUT2D eigenvalue weighted by atomic mass is 19.4. The van der Waals surface area contributed by atoms with E-state index < -0.39 is 35.9 Å². The Morgan fingerprint density at radius 3 is 2.62 bits per heavy atom. The van der Waals surface area contributed by atoms with Gasteiger partial charge in [-0.3, -0.25) is 4.79 Å². The number of hydrogen-bond acceptors (Lipinski definition) is 5. The number of benzene rings is 1. The molecule has 5 nitrogen and oxygen atoms in total. The maximum atomic E-state index is 13.5. The monoisotopic (exact) mass is 404 g/mol. The van der Waals surface area contributed by atoms with E-state index in [2.05, 4.69) is 4.98 Å². The number of aromatic nitrogens is 1. The maximum Gasteiger partial charge on any atom is 0.492 e. The van der Waals surface area contributed by atoms with Gasteiger partial charge in [0.15, 0.2) is 11.5 Å². The van der Waals surface area contributed by atoms with Crippen LogP contribution in [0.2, 0.25) is 0 Å². The number of carbonyl (C=O) groups is 1. The summed E-state index contributed by atoms with van der Waals surface area (Å²) in [6.45, 7) is 4.95. The Kier molecular flexibility index (Phi) is 4.70. The summed E-state index contributed by atoms with van der Waals surface area (Å²) in [6.07, 6.45) is -4.04. The first kappa shape index (κ1) is 19.9. The van der Waals surface area contributed by atoms with Crippen molar-refractivity contribution in [3.63, 3.8) is 0 Å². The fourth-order valence-electron chi connectivity index (χ4n) is 3.77. The molecule has 2 aliphatic rings. The molecule has 29 heavy (non-hydrogen) atoms. The molecular weight excluding hydrogens is 384 g/mol. The highest BCUT2D eigenvalue weighted by Crippen LogP contribution is 2.34. The van der Waals surface area contributed by atoms with Crippen molar-refractivity contribution < 1.29 is 27.6 Å². The normalized spacial score (nSPS) is 17.9. The highest BCUT2D eigenvalue weighted by Gasteiger charge is 2.41. The van der Waals surface area contributed by atoms with Gasteiger partial charge in [0.25, 0.3) is 0 Å². The summed E-state index contributed by atoms with van der Waals surface area (Å²) in [7, 11) is -1.13. The number of rotatable bonds is 4. The molecule has 0 amide bonds. The zero-order valence-electron chi connectivity index (χ0n) is 16.1. The average Bonchev–Trinajstić information content (AvgIpc) is 2.81. The van der Waals surface area contributed by atoms with Crippen LogP contribution in [0.5, 0.6) is 0 Å². The summed E-state index contributed by atoms with van der Waals surface area (Å²) in [5.41, 5.74) is -0.441. The number of ketones is 1. The lowest BCUT2D eigenvalue weighted by Gasteiger charge is -2.32. The van der Waals surface area contributed by atoms with Crippen molar-refractivity contribution in [1.29, 1.82) is 0 Å². The molecule has 152 valence electrons. The summed E-state index contributed by atoms with van der Waals surface area (Å²) in [4.78, 5) is 18.2. The maximum absolute atomic E-state index is 13.5. The Balaban J connectivity index is 1.63. The molecule has 1 saturated heterocycles. The number of carbonyl (C=O) groups excluding carboxylic acids is 1. The fourth-order valence-corrected chi connectivity index (χ4v) is 3.77. The zero-order valence-corrected chi connectivity index (χ0v) is 16.1. The van der Waals surface area contributed by atoms with Gasteiger partial charge in [-0.2, -0.15) is 13.2 Å². The zero-order chi connectivity index (χ0) is 21.0. The Hall–Kier alpha value is -2.39. The van der Waals surface area contributed by atoms with Crippen LogP contribution >= 0.6 is 0 Å². The third kappa shape index (κ3) is 3.64. The predicted octanol–water partition coefficient (Wildman–Crippen LogP) is 2.69. The molecule has 2 aliphatic heterocycles. The number of halogens is 3. The number of fused-ring (bicyclic) bond motifs is 1. The van der Waals surface area contributed by atoms with Crippen molar-refractivity contribution in [3.8, 4) is 0 Å². The van der Waals surface area contributed by atoms with E-state index in [1.54, 1.807) is 23.1 Å². The molecule has 1 fully saturated rings. The van der Waals surface area contributed by atoms with E-state index in [9.17, 15) is 23.0 Å². The molecule has 0 radical (unpaired) electrons. The third-order valence-corrected chi connectivity index (χ3v) is 5.43. The largest absolute Gasteiger partial charge is 0.492 e. The molecule has 0 unspecified atom stereocenters. The van der Waals surface area contributed by atoms with Crippen LogP contribution in [0, 0.1) is 0 Å². The van der Waals surface area contributed by atoms with Crippen molar-refractivity contribution >= 4 is 24.2 Å². The molecule has 1 aromatic carbocycles. The van der Waals surface area contributed by atoms with Gasteiger partial charge in [-0.1, -0.05) is 18.2 Å². The molecule has 9 heteroatoms. The van der Waals surface area contributed by atoms with Crippen molar-refractivity contribution in [3.05, 3.63) is 52.7 Å². The first-order valence-corrected chi connectivity index (χ1v) is 9.42. The van der Waals surface area contributed by atoms with E-state index in [0.717, 1.165) is 12.0 Å². The number of Topliss-reactive ketones (excluding diaryl/α,β-unsaturated/α-hetero) is 1. The topological polar surface area (TPSA) is 62.7 Å². The van der Waals surface area contributed by atoms with Gasteiger partial charge < -0.3 is 14.6 Å². The van der Waals surface area contributed by atoms with Crippen LogP contribution in [-0.4, -0.2) is 36.0 Å². The summed E-state index contributed by atoms with van der Waals surface area (Å²) in [6, 6.07) is 7.70. The standard InChI is InChI=1S/C20H20BF3N2O3/c1-19(2)14-6-4-12(10-15(14)21(28)29-19)11-16(27)13-5-7-17(26-8-3-9-26)25-18(13)20(22,23)24/h4-7,10,28H,3,8-9,11H2,1-2H3. The summed E-state index contributed by atoms with van der Waals surface area (Å²) >= 11 is 0. The summed E-state index contributed by atoms with van der Waals surface area (Å²) < 4.78 is 46.1. The third-order valence-electron chi connectivity index (χ3n) is 5.43. The van der Waals surface area contributed by atoms with Crippen LogP contribution in [0.15, 0.2) is 30.3 Å². The molecule has 0 atom stereocenters. The van der Waals surface area contributed by atoms with Gasteiger partial charge >= 0.3 is 13.3 Å². The Morgan fingerprint density at radius 2 is 2.00 bits per heavy atom. The number of hydrogen-bond donors (Lipinski definition) is 1. The van der Waals surface area contributed by atoms with Gasteiger partial charge in [0, 0.05) is 25.1 Å². The number of anilines is 1. The van der Waals surface area contributed by atoms with E-state index >= 15 is 0 Å². The minimum atomic E-state index is -4.72. The molecule has 0 aliphatic carbocycles. The molecule has 2 aromatic rings. The molecule has 4 rings (SSSR count). The van der Waals surface area contributed by atoms with Crippen LogP contribution < -0.4 is 10.4 Å². The minimum Gasteiger partial charge on any atom is -0.423 e. The summed E-state index contributed by atoms with van der Waals surface area (Å²) in [5, 5.41) is 10.1. The lowest BCUT2D eigenvalue weighted by Crippen LogP contribution is -2.38. The molecule has 0 saturated carbocycles. The second-order valence-electron chi connectivity index (χ2n) is 7.91. The predicted molar refractivity (Wildman–Crippen MR) is 102 cm³/mol. The lowest BCUT2D eigenvalue weighted by molar-refractivity contribution is -0.141. The first-order valence-electron chi connectivity index (χ1n) is 9.42. The lowest BCUT2D eigenvalue weighted by atomic mass is 9.77. The van der Waals surface area contributed by atoms with Gasteiger partial charge in [0.1, 0.15) is 5.82 Å². The second-order valence-corrected chi connectivity index (χ2v) is 7.91. The molecule has 1 aromatic heterocycles. The van der Waals surface area contributed by atoms with Gasteiger partial charge in [-0.15, -0.1) is 0 Å². The quantitative estimate of drug-likeness (QED) is 0.627. The van der Waals surface area contributed by atoms with E-state index in [-0.39, 0.29) is 12.2 Å². The van der Waals surface area contributed by atoms with Crippen molar-refractivity contribution in [2.24, 2.45) is 0 Å². The highest BCUT2D eigenvalue weighted by molar-refractivity contribution is 6.62. The van der Waals surface area contributed by atoms with Crippen molar-refractivity contribution in [2.75, 3.05) is 18.0 Å². The number of alkyl halides is 3. The Bertz CT molecular complexity index is 974. The Morgan fingerprint density at radius 1 is 1.28 bits per heavy atom. The van der Waals surface area contributed by atoms with Crippen LogP contribution in [0.3, 0.4) is 0 Å². The Labute approximate surface area is 166 Å². The van der Waals surface area contributed by atoms with E-state index in [1.165, 1.54) is 12.1 Å². The average molecular weight is 404 g/mol. The molecule has 1 N–H and O–H groups in total. The van der Waals surface area contributed by atoms with Gasteiger partial charge in [-0.25, -0.2) is 4.98 Å². The van der Waals surface area contributed by atoms with Crippen molar-refractivity contribution in [1.82, 2.24) is 4.98 Å². The minimum absolute atomic E-state index is 0.228. The first-order chi connectivity index (χ1) is 13.6. The van der Waals surface area contributed by atoms with Gasteiger partial charge in [0.05, 0.1) is 5.60 Å². The van der Waals surface area contributed by atoms with E-state index in [1.807, 2.05) is 13.8 Å². The van der Waals surface area contributed by atoms with Crippen molar-refractivity contribution in [2.45, 2.75) is 38.5 Å². The van der Waals surface area contributed by atoms with Crippen LogP contribution in [0.1, 0.15) is 47.4 Å². The number of pyridine rings is 1.